The van der Waals surface area contributed by atoms with Crippen LogP contribution in [-0.2, 0) is 11.3 Å². The SMILES string of the molecule is CC(C)COc1ccc(CNC(=O)C2CCCC2O)cc1. The molecule has 4 heteroatoms. The molecular weight excluding hydrogens is 266 g/mol. The summed E-state index contributed by atoms with van der Waals surface area (Å²) < 4.78 is 5.62. The van der Waals surface area contributed by atoms with Gasteiger partial charge >= 0.3 is 0 Å². The molecule has 4 nitrogen and oxygen atoms in total. The molecule has 2 rings (SSSR count). The second-order valence-electron chi connectivity index (χ2n) is 6.17. The van der Waals surface area contributed by atoms with Crippen molar-refractivity contribution in [2.24, 2.45) is 11.8 Å². The van der Waals surface area contributed by atoms with Gasteiger partial charge in [-0.05, 0) is 42.9 Å². The van der Waals surface area contributed by atoms with Gasteiger partial charge in [-0.3, -0.25) is 4.79 Å². The molecule has 1 aromatic rings. The van der Waals surface area contributed by atoms with Crippen LogP contribution in [0.5, 0.6) is 5.75 Å². The molecule has 1 amide bonds. The summed E-state index contributed by atoms with van der Waals surface area (Å²) in [4.78, 5) is 12.0. The second kappa shape index (κ2) is 7.46. The molecule has 0 spiro atoms. The smallest absolute Gasteiger partial charge is 0.225 e. The topological polar surface area (TPSA) is 58.6 Å². The van der Waals surface area contributed by atoms with Crippen LogP contribution in [-0.4, -0.2) is 23.7 Å². The van der Waals surface area contributed by atoms with Gasteiger partial charge in [-0.25, -0.2) is 0 Å². The Hall–Kier alpha value is -1.55. The molecule has 2 unspecified atom stereocenters. The Morgan fingerprint density at radius 3 is 2.62 bits per heavy atom. The molecule has 1 fully saturated rings. The van der Waals surface area contributed by atoms with Gasteiger partial charge in [0.1, 0.15) is 5.75 Å². The predicted molar refractivity (Wildman–Crippen MR) is 82.0 cm³/mol. The van der Waals surface area contributed by atoms with Crippen molar-refractivity contribution < 1.29 is 14.6 Å². The standard InChI is InChI=1S/C17H25NO3/c1-12(2)11-21-14-8-6-13(7-9-14)10-18-17(20)15-4-3-5-16(15)19/h6-9,12,15-16,19H,3-5,10-11H2,1-2H3,(H,18,20). The minimum absolute atomic E-state index is 0.0415. The highest BCUT2D eigenvalue weighted by molar-refractivity contribution is 5.79. The van der Waals surface area contributed by atoms with E-state index in [0.717, 1.165) is 30.6 Å². The number of aliphatic hydroxyl groups excluding tert-OH is 1. The number of carbonyl (C=O) groups excluding carboxylic acids is 1. The van der Waals surface area contributed by atoms with Crippen LogP contribution in [0.2, 0.25) is 0 Å². The Morgan fingerprint density at radius 2 is 2.05 bits per heavy atom. The molecule has 1 aliphatic carbocycles. The van der Waals surface area contributed by atoms with Crippen molar-refractivity contribution in [1.82, 2.24) is 5.32 Å². The maximum atomic E-state index is 12.0. The van der Waals surface area contributed by atoms with E-state index in [2.05, 4.69) is 19.2 Å². The first-order valence-corrected chi connectivity index (χ1v) is 7.74. The van der Waals surface area contributed by atoms with Gasteiger partial charge in [0.2, 0.25) is 5.91 Å². The van der Waals surface area contributed by atoms with Crippen molar-refractivity contribution in [1.29, 1.82) is 0 Å². The van der Waals surface area contributed by atoms with Gasteiger partial charge in [0.15, 0.2) is 0 Å². The Morgan fingerprint density at radius 1 is 1.33 bits per heavy atom. The molecule has 0 aliphatic heterocycles. The average Bonchev–Trinajstić information content (AvgIpc) is 2.90. The van der Waals surface area contributed by atoms with E-state index in [9.17, 15) is 9.90 Å². The minimum atomic E-state index is -0.475. The number of carbonyl (C=O) groups is 1. The van der Waals surface area contributed by atoms with E-state index in [1.807, 2.05) is 24.3 Å². The van der Waals surface area contributed by atoms with Gasteiger partial charge < -0.3 is 15.2 Å². The lowest BCUT2D eigenvalue weighted by Gasteiger charge is -2.14. The Balaban J connectivity index is 1.79. The Bertz CT molecular complexity index is 456. The first-order valence-electron chi connectivity index (χ1n) is 7.74. The van der Waals surface area contributed by atoms with Crippen LogP contribution in [0, 0.1) is 11.8 Å². The van der Waals surface area contributed by atoms with Gasteiger partial charge in [-0.1, -0.05) is 26.0 Å². The third-order valence-electron chi connectivity index (χ3n) is 3.79. The van der Waals surface area contributed by atoms with Crippen molar-refractivity contribution in [2.45, 2.75) is 45.8 Å². The van der Waals surface area contributed by atoms with Crippen molar-refractivity contribution in [2.75, 3.05) is 6.61 Å². The minimum Gasteiger partial charge on any atom is -0.493 e. The molecule has 2 atom stereocenters. The second-order valence-corrected chi connectivity index (χ2v) is 6.17. The van der Waals surface area contributed by atoms with Crippen LogP contribution in [0.15, 0.2) is 24.3 Å². The van der Waals surface area contributed by atoms with Gasteiger partial charge in [-0.2, -0.15) is 0 Å². The van der Waals surface area contributed by atoms with E-state index in [1.165, 1.54) is 0 Å². The van der Waals surface area contributed by atoms with E-state index in [4.69, 9.17) is 4.74 Å². The van der Waals surface area contributed by atoms with E-state index in [1.54, 1.807) is 0 Å². The van der Waals surface area contributed by atoms with Gasteiger partial charge in [0.05, 0.1) is 18.6 Å². The number of nitrogens with one attached hydrogen (secondary N) is 1. The Kier molecular flexibility index (Phi) is 5.62. The van der Waals surface area contributed by atoms with Gasteiger partial charge in [0.25, 0.3) is 0 Å². The quantitative estimate of drug-likeness (QED) is 0.846. The number of benzene rings is 1. The normalized spacial score (nSPS) is 21.5. The average molecular weight is 291 g/mol. The molecule has 116 valence electrons. The fraction of sp³-hybridized carbons (Fsp3) is 0.588. The highest BCUT2D eigenvalue weighted by Crippen LogP contribution is 2.25. The summed E-state index contributed by atoms with van der Waals surface area (Å²) in [5.41, 5.74) is 1.03. The van der Waals surface area contributed by atoms with E-state index < -0.39 is 6.10 Å². The fourth-order valence-corrected chi connectivity index (χ4v) is 2.53. The van der Waals surface area contributed by atoms with Gasteiger partial charge in [-0.15, -0.1) is 0 Å². The van der Waals surface area contributed by atoms with Crippen LogP contribution >= 0.6 is 0 Å². The maximum absolute atomic E-state index is 12.0. The highest BCUT2D eigenvalue weighted by atomic mass is 16.5. The molecular formula is C17H25NO3. The number of ether oxygens (including phenoxy) is 1. The lowest BCUT2D eigenvalue weighted by molar-refractivity contribution is -0.127. The molecule has 0 aromatic heterocycles. The van der Waals surface area contributed by atoms with Crippen molar-refractivity contribution >= 4 is 5.91 Å². The summed E-state index contributed by atoms with van der Waals surface area (Å²) in [6.07, 6.45) is 1.98. The third kappa shape index (κ3) is 4.74. The summed E-state index contributed by atoms with van der Waals surface area (Å²) in [6, 6.07) is 7.77. The zero-order valence-corrected chi connectivity index (χ0v) is 12.8. The van der Waals surface area contributed by atoms with Crippen molar-refractivity contribution in [3.63, 3.8) is 0 Å². The monoisotopic (exact) mass is 291 g/mol. The molecule has 0 saturated heterocycles. The lowest BCUT2D eigenvalue weighted by atomic mass is 10.1. The lowest BCUT2D eigenvalue weighted by Crippen LogP contribution is -2.34. The highest BCUT2D eigenvalue weighted by Gasteiger charge is 2.31. The maximum Gasteiger partial charge on any atom is 0.225 e. The molecule has 1 saturated carbocycles. The van der Waals surface area contributed by atoms with Crippen LogP contribution < -0.4 is 10.1 Å². The first kappa shape index (κ1) is 15.8. The van der Waals surface area contributed by atoms with Crippen molar-refractivity contribution in [3.05, 3.63) is 29.8 Å². The van der Waals surface area contributed by atoms with Gasteiger partial charge in [0, 0.05) is 6.54 Å². The molecule has 1 aliphatic rings. The zero-order chi connectivity index (χ0) is 15.2. The van der Waals surface area contributed by atoms with Crippen LogP contribution in [0.4, 0.5) is 0 Å². The zero-order valence-electron chi connectivity index (χ0n) is 12.8. The fourth-order valence-electron chi connectivity index (χ4n) is 2.53. The van der Waals surface area contributed by atoms with Crippen molar-refractivity contribution in [3.8, 4) is 5.75 Å². The third-order valence-corrected chi connectivity index (χ3v) is 3.79. The largest absolute Gasteiger partial charge is 0.493 e. The van der Waals surface area contributed by atoms with Crippen LogP contribution in [0.25, 0.3) is 0 Å². The summed E-state index contributed by atoms with van der Waals surface area (Å²) in [5.74, 6) is 1.07. The summed E-state index contributed by atoms with van der Waals surface area (Å²) in [5, 5.41) is 12.6. The van der Waals surface area contributed by atoms with E-state index in [0.29, 0.717) is 19.1 Å². The molecule has 1 aromatic carbocycles. The van der Waals surface area contributed by atoms with E-state index >= 15 is 0 Å². The number of aliphatic hydroxyl groups is 1. The number of hydrogen-bond donors (Lipinski definition) is 2. The van der Waals surface area contributed by atoms with E-state index in [-0.39, 0.29) is 11.8 Å². The number of amides is 1. The predicted octanol–water partition coefficient (Wildman–Crippen LogP) is 2.50. The Labute approximate surface area is 126 Å². The first-order chi connectivity index (χ1) is 10.1. The summed E-state index contributed by atoms with van der Waals surface area (Å²) in [7, 11) is 0. The number of hydrogen-bond acceptors (Lipinski definition) is 3. The molecule has 0 bridgehead atoms. The molecule has 0 heterocycles. The summed E-state index contributed by atoms with van der Waals surface area (Å²) in [6.45, 7) is 5.42. The molecule has 0 radical (unpaired) electrons. The number of rotatable bonds is 6. The summed E-state index contributed by atoms with van der Waals surface area (Å²) >= 11 is 0. The van der Waals surface area contributed by atoms with Crippen LogP contribution in [0.3, 0.4) is 0 Å². The molecule has 2 N–H and O–H groups in total. The molecule has 21 heavy (non-hydrogen) atoms. The van der Waals surface area contributed by atoms with Crippen LogP contribution in [0.1, 0.15) is 38.7 Å².